The minimum atomic E-state index is -0.349. The average molecular weight is 274 g/mol. The Labute approximate surface area is 122 Å². The SMILES string of the molecule is CCC1(CCNC)C(=O)N(C)c2ccc(C(C)C)cc21. The second kappa shape index (κ2) is 5.57. The first-order chi connectivity index (χ1) is 9.47. The Morgan fingerprint density at radius 3 is 2.60 bits per heavy atom. The lowest BCUT2D eigenvalue weighted by atomic mass is 9.75. The van der Waals surface area contributed by atoms with Gasteiger partial charge in [-0.3, -0.25) is 4.79 Å². The van der Waals surface area contributed by atoms with Crippen molar-refractivity contribution in [1.82, 2.24) is 5.32 Å². The summed E-state index contributed by atoms with van der Waals surface area (Å²) in [5, 5.41) is 3.19. The molecular formula is C17H26N2O. The fourth-order valence-electron chi connectivity index (χ4n) is 3.23. The first-order valence-corrected chi connectivity index (χ1v) is 7.55. The molecule has 20 heavy (non-hydrogen) atoms. The zero-order chi connectivity index (χ0) is 14.9. The monoisotopic (exact) mass is 274 g/mol. The molecule has 0 aliphatic carbocycles. The number of hydrogen-bond donors (Lipinski definition) is 1. The van der Waals surface area contributed by atoms with E-state index in [-0.39, 0.29) is 11.3 Å². The van der Waals surface area contributed by atoms with Crippen molar-refractivity contribution in [2.75, 3.05) is 25.5 Å². The van der Waals surface area contributed by atoms with Crippen molar-refractivity contribution in [2.45, 2.75) is 44.9 Å². The highest BCUT2D eigenvalue weighted by molar-refractivity contribution is 6.07. The van der Waals surface area contributed by atoms with Crippen molar-refractivity contribution in [2.24, 2.45) is 0 Å². The standard InChI is InChI=1S/C17H26N2O/c1-6-17(9-10-18-4)14-11-13(12(2)3)7-8-15(14)19(5)16(17)20/h7-8,11-12,18H,6,9-10H2,1-5H3. The highest BCUT2D eigenvalue weighted by Gasteiger charge is 2.47. The molecule has 0 spiro atoms. The summed E-state index contributed by atoms with van der Waals surface area (Å²) in [5.41, 5.74) is 3.26. The smallest absolute Gasteiger partial charge is 0.237 e. The fourth-order valence-corrected chi connectivity index (χ4v) is 3.23. The summed E-state index contributed by atoms with van der Waals surface area (Å²) in [6.45, 7) is 7.38. The molecule has 0 saturated heterocycles. The van der Waals surface area contributed by atoms with Gasteiger partial charge < -0.3 is 10.2 Å². The van der Waals surface area contributed by atoms with Crippen LogP contribution in [0.25, 0.3) is 0 Å². The molecule has 1 heterocycles. The van der Waals surface area contributed by atoms with Gasteiger partial charge >= 0.3 is 0 Å². The second-order valence-electron chi connectivity index (χ2n) is 6.08. The Bertz CT molecular complexity index is 510. The van der Waals surface area contributed by atoms with Crippen LogP contribution in [-0.4, -0.2) is 26.5 Å². The van der Waals surface area contributed by atoms with E-state index in [0.717, 1.165) is 25.1 Å². The van der Waals surface area contributed by atoms with Gasteiger partial charge in [-0.05, 0) is 49.5 Å². The number of amides is 1. The Balaban J connectivity index is 2.55. The lowest BCUT2D eigenvalue weighted by molar-refractivity contribution is -0.123. The maximum absolute atomic E-state index is 12.8. The van der Waals surface area contributed by atoms with E-state index in [1.54, 1.807) is 0 Å². The topological polar surface area (TPSA) is 32.3 Å². The van der Waals surface area contributed by atoms with Crippen molar-refractivity contribution in [3.05, 3.63) is 29.3 Å². The molecule has 1 aromatic carbocycles. The van der Waals surface area contributed by atoms with E-state index in [0.29, 0.717) is 5.92 Å². The molecule has 1 aliphatic rings. The molecule has 1 aromatic rings. The van der Waals surface area contributed by atoms with Gasteiger partial charge in [0.25, 0.3) is 0 Å². The van der Waals surface area contributed by atoms with Gasteiger partial charge in [0.1, 0.15) is 0 Å². The van der Waals surface area contributed by atoms with Gasteiger partial charge in [-0.25, -0.2) is 0 Å². The van der Waals surface area contributed by atoms with Crippen molar-refractivity contribution in [1.29, 1.82) is 0 Å². The van der Waals surface area contributed by atoms with Crippen LogP contribution in [0.3, 0.4) is 0 Å². The number of anilines is 1. The molecule has 1 aliphatic heterocycles. The van der Waals surface area contributed by atoms with Gasteiger partial charge in [0.05, 0.1) is 5.41 Å². The van der Waals surface area contributed by atoms with E-state index in [1.165, 1.54) is 11.1 Å². The minimum Gasteiger partial charge on any atom is -0.320 e. The Morgan fingerprint density at radius 1 is 1.35 bits per heavy atom. The van der Waals surface area contributed by atoms with E-state index in [4.69, 9.17) is 0 Å². The summed E-state index contributed by atoms with van der Waals surface area (Å²) in [7, 11) is 3.84. The van der Waals surface area contributed by atoms with Crippen molar-refractivity contribution in [3.63, 3.8) is 0 Å². The summed E-state index contributed by atoms with van der Waals surface area (Å²) in [6.07, 6.45) is 1.71. The summed E-state index contributed by atoms with van der Waals surface area (Å²) < 4.78 is 0. The van der Waals surface area contributed by atoms with Gasteiger partial charge in [0.15, 0.2) is 0 Å². The number of nitrogens with one attached hydrogen (secondary N) is 1. The lowest BCUT2D eigenvalue weighted by Gasteiger charge is -2.27. The molecule has 1 N–H and O–H groups in total. The van der Waals surface area contributed by atoms with Gasteiger partial charge in [-0.1, -0.05) is 32.9 Å². The minimum absolute atomic E-state index is 0.242. The van der Waals surface area contributed by atoms with E-state index >= 15 is 0 Å². The number of rotatable bonds is 5. The molecule has 0 aromatic heterocycles. The van der Waals surface area contributed by atoms with Crippen LogP contribution in [-0.2, 0) is 10.2 Å². The number of carbonyl (C=O) groups is 1. The number of hydrogen-bond acceptors (Lipinski definition) is 2. The van der Waals surface area contributed by atoms with E-state index in [1.807, 2.05) is 19.0 Å². The molecular weight excluding hydrogens is 248 g/mol. The molecule has 0 fully saturated rings. The van der Waals surface area contributed by atoms with E-state index in [2.05, 4.69) is 44.3 Å². The molecule has 3 nitrogen and oxygen atoms in total. The number of nitrogens with zero attached hydrogens (tertiary/aromatic N) is 1. The van der Waals surface area contributed by atoms with Crippen molar-refractivity contribution in [3.8, 4) is 0 Å². The first kappa shape index (κ1) is 15.0. The van der Waals surface area contributed by atoms with Gasteiger partial charge in [-0.15, -0.1) is 0 Å². The maximum Gasteiger partial charge on any atom is 0.237 e. The van der Waals surface area contributed by atoms with Crippen LogP contribution in [0.5, 0.6) is 0 Å². The zero-order valence-corrected chi connectivity index (χ0v) is 13.3. The number of carbonyl (C=O) groups excluding carboxylic acids is 1. The summed E-state index contributed by atoms with van der Waals surface area (Å²) >= 11 is 0. The Kier molecular flexibility index (Phi) is 4.19. The lowest BCUT2D eigenvalue weighted by Crippen LogP contribution is -2.40. The first-order valence-electron chi connectivity index (χ1n) is 7.55. The molecule has 3 heteroatoms. The Morgan fingerprint density at radius 2 is 2.05 bits per heavy atom. The maximum atomic E-state index is 12.8. The van der Waals surface area contributed by atoms with Crippen LogP contribution in [0, 0.1) is 0 Å². The van der Waals surface area contributed by atoms with Crippen LogP contribution >= 0.6 is 0 Å². The highest BCUT2D eigenvalue weighted by atomic mass is 16.2. The molecule has 1 amide bonds. The predicted molar refractivity (Wildman–Crippen MR) is 84.5 cm³/mol. The highest BCUT2D eigenvalue weighted by Crippen LogP contribution is 2.46. The third-order valence-electron chi connectivity index (χ3n) is 4.68. The molecule has 0 saturated carbocycles. The molecule has 2 rings (SSSR count). The Hall–Kier alpha value is -1.35. The van der Waals surface area contributed by atoms with Crippen LogP contribution in [0.2, 0.25) is 0 Å². The number of fused-ring (bicyclic) bond motifs is 1. The van der Waals surface area contributed by atoms with Crippen LogP contribution < -0.4 is 10.2 Å². The van der Waals surface area contributed by atoms with Crippen LogP contribution in [0.1, 0.15) is 50.7 Å². The zero-order valence-electron chi connectivity index (χ0n) is 13.3. The number of likely N-dealkylation sites (N-methyl/N-ethyl adjacent to an activating group) is 1. The molecule has 0 bridgehead atoms. The third kappa shape index (κ3) is 2.14. The second-order valence-corrected chi connectivity index (χ2v) is 6.08. The third-order valence-corrected chi connectivity index (χ3v) is 4.68. The normalized spacial score (nSPS) is 21.7. The van der Waals surface area contributed by atoms with E-state index in [9.17, 15) is 4.79 Å². The molecule has 1 unspecified atom stereocenters. The molecule has 110 valence electrons. The summed E-state index contributed by atoms with van der Waals surface area (Å²) in [5.74, 6) is 0.728. The summed E-state index contributed by atoms with van der Waals surface area (Å²) in [6, 6.07) is 6.51. The van der Waals surface area contributed by atoms with Crippen LogP contribution in [0.15, 0.2) is 18.2 Å². The van der Waals surface area contributed by atoms with Gasteiger partial charge in [-0.2, -0.15) is 0 Å². The van der Waals surface area contributed by atoms with Crippen molar-refractivity contribution < 1.29 is 4.79 Å². The quantitative estimate of drug-likeness (QED) is 0.895. The summed E-state index contributed by atoms with van der Waals surface area (Å²) in [4.78, 5) is 14.6. The van der Waals surface area contributed by atoms with E-state index < -0.39 is 0 Å². The predicted octanol–water partition coefficient (Wildman–Crippen LogP) is 3.04. The van der Waals surface area contributed by atoms with Gasteiger partial charge in [0.2, 0.25) is 5.91 Å². The average Bonchev–Trinajstić information content (AvgIpc) is 2.66. The number of benzene rings is 1. The largest absolute Gasteiger partial charge is 0.320 e. The molecule has 0 radical (unpaired) electrons. The fraction of sp³-hybridized carbons (Fsp3) is 0.588. The van der Waals surface area contributed by atoms with Crippen LogP contribution in [0.4, 0.5) is 5.69 Å². The van der Waals surface area contributed by atoms with Crippen molar-refractivity contribution >= 4 is 11.6 Å². The van der Waals surface area contributed by atoms with Gasteiger partial charge in [0, 0.05) is 12.7 Å². The molecule has 1 atom stereocenters.